The molecule has 0 bridgehead atoms. The van der Waals surface area contributed by atoms with Gasteiger partial charge in [0.25, 0.3) is 0 Å². The summed E-state index contributed by atoms with van der Waals surface area (Å²) in [6.07, 6.45) is 5.81. The van der Waals surface area contributed by atoms with Crippen LogP contribution in [0.4, 0.5) is 24.8 Å². The predicted molar refractivity (Wildman–Crippen MR) is 115 cm³/mol. The fraction of sp³-hybridized carbons (Fsp3) is 0.429. The Labute approximate surface area is 183 Å². The quantitative estimate of drug-likeness (QED) is 0.457. The molecule has 0 aliphatic carbocycles. The average Bonchev–Trinajstić information content (AvgIpc) is 3.19. The normalized spacial score (nSPS) is 15.2. The number of nitrogen functional groups attached to an aromatic ring is 1. The summed E-state index contributed by atoms with van der Waals surface area (Å²) >= 11 is 0. The highest BCUT2D eigenvalue weighted by molar-refractivity contribution is 6.06. The number of nitrogens with zero attached hydrogens (tertiary/aromatic N) is 3. The van der Waals surface area contributed by atoms with E-state index in [9.17, 15) is 18.0 Å². The van der Waals surface area contributed by atoms with Crippen molar-refractivity contribution < 1.29 is 23.4 Å². The fourth-order valence-electron chi connectivity index (χ4n) is 3.47. The Balaban J connectivity index is 1.51. The van der Waals surface area contributed by atoms with E-state index in [1.54, 1.807) is 0 Å². The summed E-state index contributed by atoms with van der Waals surface area (Å²) in [5.74, 6) is 0.0935. The van der Waals surface area contributed by atoms with Gasteiger partial charge in [0, 0.05) is 18.7 Å². The summed E-state index contributed by atoms with van der Waals surface area (Å²) in [5.41, 5.74) is 4.39. The third-order valence-electron chi connectivity index (χ3n) is 5.17. The van der Waals surface area contributed by atoms with Crippen LogP contribution < -0.4 is 16.5 Å². The smallest absolute Gasteiger partial charge is 0.383 e. The number of nitrogens with one attached hydrogen (secondary N) is 2. The number of halogens is 3. The van der Waals surface area contributed by atoms with Crippen LogP contribution in [0.2, 0.25) is 0 Å². The van der Waals surface area contributed by atoms with Gasteiger partial charge in [0.2, 0.25) is 11.6 Å². The van der Waals surface area contributed by atoms with Crippen LogP contribution in [-0.4, -0.2) is 51.1 Å². The van der Waals surface area contributed by atoms with Gasteiger partial charge in [-0.05, 0) is 51.0 Å². The standard InChI is InChI=1S/C21H26F3N7O/c22-21(23,24)15-11-14(12-28-20(15)26)16(25)6-7-17-27-13-18(29-17)30-19(32)5-4-10-31-8-2-1-3-9-31/h6-7,11-13,25H,1-5,8-10H2,(H2,26,28)(H,27,29)(H,30,32)/p+1/b7-6-,25-16?. The molecule has 1 aliphatic heterocycles. The van der Waals surface area contributed by atoms with E-state index in [4.69, 9.17) is 11.1 Å². The van der Waals surface area contributed by atoms with Crippen molar-refractivity contribution in [3.05, 3.63) is 41.5 Å². The Morgan fingerprint density at radius 1 is 1.25 bits per heavy atom. The van der Waals surface area contributed by atoms with Gasteiger partial charge >= 0.3 is 6.18 Å². The number of aromatic amines is 1. The van der Waals surface area contributed by atoms with E-state index in [0.29, 0.717) is 18.1 Å². The second kappa shape index (κ2) is 10.4. The first-order valence-corrected chi connectivity index (χ1v) is 10.4. The number of likely N-dealkylation sites (tertiary alicyclic amines) is 1. The van der Waals surface area contributed by atoms with Crippen LogP contribution in [-0.2, 0) is 11.0 Å². The van der Waals surface area contributed by atoms with Crippen molar-refractivity contribution in [2.75, 3.05) is 30.7 Å². The van der Waals surface area contributed by atoms with Crippen LogP contribution in [0.1, 0.15) is 49.1 Å². The number of nitrogens with two attached hydrogens (primary N) is 2. The number of aromatic nitrogens is 3. The molecule has 0 spiro atoms. The number of rotatable bonds is 8. The highest BCUT2D eigenvalue weighted by Gasteiger charge is 2.34. The number of imidazole rings is 1. The summed E-state index contributed by atoms with van der Waals surface area (Å²) in [5, 5.41) is 8.63. The lowest BCUT2D eigenvalue weighted by atomic mass is 10.1. The van der Waals surface area contributed by atoms with E-state index < -0.39 is 17.6 Å². The average molecular weight is 450 g/mol. The molecule has 3 rings (SSSR count). The molecule has 2 aromatic heterocycles. The van der Waals surface area contributed by atoms with Crippen LogP contribution in [0.3, 0.4) is 0 Å². The van der Waals surface area contributed by atoms with E-state index in [2.05, 4.69) is 25.2 Å². The largest absolute Gasteiger partial charge is 0.419 e. The maximum absolute atomic E-state index is 13.0. The molecule has 2 aromatic rings. The van der Waals surface area contributed by atoms with Crippen LogP contribution in [0.15, 0.2) is 24.5 Å². The molecule has 0 radical (unpaired) electrons. The number of allylic oxidation sites excluding steroid dienone is 1. The number of hydrogen-bond acceptors (Lipinski definition) is 5. The number of anilines is 2. The third kappa shape index (κ3) is 6.64. The Kier molecular flexibility index (Phi) is 7.62. The van der Waals surface area contributed by atoms with Crippen LogP contribution >= 0.6 is 0 Å². The molecule has 6 N–H and O–H groups in total. The summed E-state index contributed by atoms with van der Waals surface area (Å²) < 4.78 is 38.9. The minimum Gasteiger partial charge on any atom is -0.383 e. The number of amides is 1. The first kappa shape index (κ1) is 23.5. The van der Waals surface area contributed by atoms with Gasteiger partial charge in [0.1, 0.15) is 17.5 Å². The van der Waals surface area contributed by atoms with E-state index in [-0.39, 0.29) is 17.2 Å². The summed E-state index contributed by atoms with van der Waals surface area (Å²) in [6.45, 7) is 3.11. The lowest BCUT2D eigenvalue weighted by Crippen LogP contribution is -2.39. The zero-order chi connectivity index (χ0) is 23.1. The second-order valence-electron chi connectivity index (χ2n) is 7.68. The molecule has 0 unspecified atom stereocenters. The van der Waals surface area contributed by atoms with Gasteiger partial charge in [-0.25, -0.2) is 9.97 Å². The molecule has 0 aromatic carbocycles. The van der Waals surface area contributed by atoms with Gasteiger partial charge in [0.05, 0.1) is 17.3 Å². The Morgan fingerprint density at radius 2 is 2.00 bits per heavy atom. The Hall–Kier alpha value is -3.21. The van der Waals surface area contributed by atoms with Gasteiger partial charge in [-0.2, -0.15) is 13.2 Å². The maximum atomic E-state index is 13.0. The van der Waals surface area contributed by atoms with E-state index in [1.807, 2.05) is 0 Å². The summed E-state index contributed by atoms with van der Waals surface area (Å²) in [6, 6.07) is 0.847. The molecule has 3 heterocycles. The molecule has 8 nitrogen and oxygen atoms in total. The van der Waals surface area contributed by atoms with E-state index in [0.717, 1.165) is 32.1 Å². The first-order chi connectivity index (χ1) is 15.2. The molecular weight excluding hydrogens is 423 g/mol. The van der Waals surface area contributed by atoms with Crippen molar-refractivity contribution in [3.8, 4) is 0 Å². The van der Waals surface area contributed by atoms with E-state index >= 15 is 0 Å². The number of carbonyl (C=O) groups excluding carboxylic acids is 1. The van der Waals surface area contributed by atoms with Crippen molar-refractivity contribution in [3.63, 3.8) is 0 Å². The highest BCUT2D eigenvalue weighted by atomic mass is 19.4. The van der Waals surface area contributed by atoms with E-state index in [1.165, 1.54) is 43.8 Å². The maximum Gasteiger partial charge on any atom is 0.419 e. The monoisotopic (exact) mass is 450 g/mol. The Morgan fingerprint density at radius 3 is 2.72 bits per heavy atom. The van der Waals surface area contributed by atoms with Crippen LogP contribution in [0.5, 0.6) is 0 Å². The van der Waals surface area contributed by atoms with Gasteiger partial charge < -0.3 is 20.9 Å². The van der Waals surface area contributed by atoms with Crippen molar-refractivity contribution in [2.24, 2.45) is 0 Å². The molecule has 11 heteroatoms. The minimum absolute atomic E-state index is 0.0581. The van der Waals surface area contributed by atoms with Crippen molar-refractivity contribution in [2.45, 2.75) is 38.3 Å². The van der Waals surface area contributed by atoms with Crippen molar-refractivity contribution >= 4 is 29.3 Å². The lowest BCUT2D eigenvalue weighted by Gasteiger charge is -2.26. The first-order valence-electron chi connectivity index (χ1n) is 10.4. The molecule has 1 saturated heterocycles. The number of piperidine rings is 1. The highest BCUT2D eigenvalue weighted by Crippen LogP contribution is 2.32. The SMILES string of the molecule is Nc1ncc(C(=[NH2+])/C=C\c2ncc(NC(=O)CCCN3CCCCC3)[nH]2)cc1C(F)(F)F. The molecule has 1 aliphatic rings. The topological polar surface area (TPSA) is 126 Å². The number of pyridine rings is 1. The number of alkyl halides is 3. The number of H-pyrrole nitrogens is 1. The van der Waals surface area contributed by atoms with Gasteiger partial charge in [-0.1, -0.05) is 6.42 Å². The summed E-state index contributed by atoms with van der Waals surface area (Å²) in [4.78, 5) is 25.1. The lowest BCUT2D eigenvalue weighted by molar-refractivity contribution is -0.137. The van der Waals surface area contributed by atoms with Gasteiger partial charge in [-0.3, -0.25) is 10.2 Å². The molecular formula is C21H27F3N7O+. The third-order valence-corrected chi connectivity index (χ3v) is 5.17. The summed E-state index contributed by atoms with van der Waals surface area (Å²) in [7, 11) is 0. The second-order valence-corrected chi connectivity index (χ2v) is 7.68. The van der Waals surface area contributed by atoms with Crippen LogP contribution in [0, 0.1) is 0 Å². The zero-order valence-electron chi connectivity index (χ0n) is 17.6. The minimum atomic E-state index is -4.63. The van der Waals surface area contributed by atoms with Gasteiger partial charge in [0.15, 0.2) is 0 Å². The number of hydrogen-bond donors (Lipinski definition) is 4. The molecule has 1 fully saturated rings. The molecule has 0 saturated carbocycles. The fourth-order valence-corrected chi connectivity index (χ4v) is 3.47. The molecule has 32 heavy (non-hydrogen) atoms. The van der Waals surface area contributed by atoms with Crippen LogP contribution in [0.25, 0.3) is 6.08 Å². The molecule has 172 valence electrons. The predicted octanol–water partition coefficient (Wildman–Crippen LogP) is 1.87. The Bertz CT molecular complexity index is 978. The molecule has 1 amide bonds. The molecule has 0 atom stereocenters. The van der Waals surface area contributed by atoms with Gasteiger partial charge in [-0.15, -0.1) is 0 Å². The number of carbonyl (C=O) groups is 1. The van der Waals surface area contributed by atoms with Crippen molar-refractivity contribution in [1.29, 1.82) is 0 Å². The zero-order valence-corrected chi connectivity index (χ0v) is 17.6. The van der Waals surface area contributed by atoms with Crippen molar-refractivity contribution in [1.82, 2.24) is 19.9 Å².